The number of carbonyl (C=O) groups is 1. The van der Waals surface area contributed by atoms with E-state index >= 15 is 0 Å². The SMILES string of the molecule is C=C(NNC(=O)COc1cccc(Cl)c1)c1ccc(N)cc1. The van der Waals surface area contributed by atoms with Gasteiger partial charge in [-0.05, 0) is 35.9 Å². The van der Waals surface area contributed by atoms with E-state index in [0.717, 1.165) is 5.56 Å². The van der Waals surface area contributed by atoms with Crippen molar-refractivity contribution in [1.82, 2.24) is 10.9 Å². The third-order valence-corrected chi connectivity index (χ3v) is 3.01. The molecule has 0 bridgehead atoms. The van der Waals surface area contributed by atoms with E-state index < -0.39 is 0 Å². The van der Waals surface area contributed by atoms with Crippen LogP contribution < -0.4 is 21.3 Å². The summed E-state index contributed by atoms with van der Waals surface area (Å²) < 4.78 is 5.32. The zero-order valence-electron chi connectivity index (χ0n) is 11.8. The molecule has 0 atom stereocenters. The van der Waals surface area contributed by atoms with Gasteiger partial charge in [-0.1, -0.05) is 36.4 Å². The lowest BCUT2D eigenvalue weighted by Crippen LogP contribution is -2.38. The molecule has 1 amide bonds. The molecule has 2 rings (SSSR count). The van der Waals surface area contributed by atoms with Crippen LogP contribution in [0.4, 0.5) is 5.69 Å². The molecule has 0 fully saturated rings. The Morgan fingerprint density at radius 3 is 2.59 bits per heavy atom. The van der Waals surface area contributed by atoms with Crippen molar-refractivity contribution in [1.29, 1.82) is 0 Å². The van der Waals surface area contributed by atoms with Gasteiger partial charge in [0.25, 0.3) is 5.91 Å². The van der Waals surface area contributed by atoms with Crippen LogP contribution in [0.15, 0.2) is 55.1 Å². The van der Waals surface area contributed by atoms with Crippen molar-refractivity contribution in [2.45, 2.75) is 0 Å². The number of hydrogen-bond donors (Lipinski definition) is 3. The Bertz CT molecular complexity index is 671. The summed E-state index contributed by atoms with van der Waals surface area (Å²) in [4.78, 5) is 11.7. The van der Waals surface area contributed by atoms with Crippen molar-refractivity contribution in [2.24, 2.45) is 0 Å². The molecule has 6 heteroatoms. The fourth-order valence-electron chi connectivity index (χ4n) is 1.64. The van der Waals surface area contributed by atoms with E-state index in [9.17, 15) is 4.79 Å². The van der Waals surface area contributed by atoms with E-state index in [0.29, 0.717) is 22.2 Å². The van der Waals surface area contributed by atoms with Crippen molar-refractivity contribution in [3.63, 3.8) is 0 Å². The van der Waals surface area contributed by atoms with E-state index in [1.807, 2.05) is 0 Å². The van der Waals surface area contributed by atoms with Crippen molar-refractivity contribution >= 4 is 28.9 Å². The lowest BCUT2D eigenvalue weighted by atomic mass is 10.2. The first-order chi connectivity index (χ1) is 10.5. The zero-order valence-corrected chi connectivity index (χ0v) is 12.6. The number of nitrogens with one attached hydrogen (secondary N) is 2. The van der Waals surface area contributed by atoms with Crippen molar-refractivity contribution in [2.75, 3.05) is 12.3 Å². The van der Waals surface area contributed by atoms with Crippen LogP contribution in [0.3, 0.4) is 0 Å². The topological polar surface area (TPSA) is 76.4 Å². The Labute approximate surface area is 133 Å². The smallest absolute Gasteiger partial charge is 0.276 e. The van der Waals surface area contributed by atoms with E-state index in [1.54, 1.807) is 48.5 Å². The molecular weight excluding hydrogens is 302 g/mol. The maximum Gasteiger partial charge on any atom is 0.276 e. The highest BCUT2D eigenvalue weighted by Gasteiger charge is 2.04. The van der Waals surface area contributed by atoms with Crippen LogP contribution in [0.1, 0.15) is 5.56 Å². The number of amides is 1. The third-order valence-electron chi connectivity index (χ3n) is 2.78. The van der Waals surface area contributed by atoms with Gasteiger partial charge in [0.15, 0.2) is 6.61 Å². The fourth-order valence-corrected chi connectivity index (χ4v) is 1.82. The number of rotatable bonds is 6. The van der Waals surface area contributed by atoms with Crippen LogP contribution in [0.2, 0.25) is 5.02 Å². The second-order valence-electron chi connectivity index (χ2n) is 4.52. The maximum atomic E-state index is 11.7. The second kappa shape index (κ2) is 7.38. The van der Waals surface area contributed by atoms with Crippen molar-refractivity contribution < 1.29 is 9.53 Å². The van der Waals surface area contributed by atoms with Gasteiger partial charge in [0, 0.05) is 10.7 Å². The Morgan fingerprint density at radius 1 is 1.18 bits per heavy atom. The molecule has 0 aliphatic heterocycles. The minimum Gasteiger partial charge on any atom is -0.484 e. The summed E-state index contributed by atoms with van der Waals surface area (Å²) in [5, 5.41) is 0.549. The van der Waals surface area contributed by atoms with Gasteiger partial charge in [0.1, 0.15) is 5.75 Å². The summed E-state index contributed by atoms with van der Waals surface area (Å²) in [5.74, 6) is 0.191. The molecule has 0 radical (unpaired) electrons. The van der Waals surface area contributed by atoms with Gasteiger partial charge in [-0.2, -0.15) is 0 Å². The molecule has 0 spiro atoms. The van der Waals surface area contributed by atoms with Gasteiger partial charge in [-0.25, -0.2) is 0 Å². The van der Waals surface area contributed by atoms with Gasteiger partial charge in [0.05, 0.1) is 5.70 Å². The van der Waals surface area contributed by atoms with E-state index in [-0.39, 0.29) is 12.5 Å². The lowest BCUT2D eigenvalue weighted by molar-refractivity contribution is -0.123. The molecule has 0 saturated heterocycles. The van der Waals surface area contributed by atoms with Gasteiger partial charge in [-0.15, -0.1) is 0 Å². The Morgan fingerprint density at radius 2 is 1.91 bits per heavy atom. The third kappa shape index (κ3) is 4.71. The molecule has 0 saturated carbocycles. The summed E-state index contributed by atoms with van der Waals surface area (Å²) in [7, 11) is 0. The molecule has 0 aliphatic carbocycles. The van der Waals surface area contributed by atoms with Crippen LogP contribution in [0.5, 0.6) is 5.75 Å². The van der Waals surface area contributed by atoms with E-state index in [2.05, 4.69) is 17.4 Å². The van der Waals surface area contributed by atoms with Crippen LogP contribution in [0.25, 0.3) is 5.70 Å². The van der Waals surface area contributed by atoms with Gasteiger partial charge in [0.2, 0.25) is 0 Å². The molecule has 2 aromatic rings. The fraction of sp³-hybridized carbons (Fsp3) is 0.0625. The summed E-state index contributed by atoms with van der Waals surface area (Å²) in [5.41, 5.74) is 12.9. The predicted octanol–water partition coefficient (Wildman–Crippen LogP) is 2.59. The number of hydrogen-bond acceptors (Lipinski definition) is 4. The minimum atomic E-state index is -0.337. The number of carbonyl (C=O) groups excluding carboxylic acids is 1. The number of hydrazine groups is 1. The van der Waals surface area contributed by atoms with Crippen LogP contribution in [0, 0.1) is 0 Å². The highest BCUT2D eigenvalue weighted by Crippen LogP contribution is 2.16. The van der Waals surface area contributed by atoms with Crippen molar-refractivity contribution in [3.05, 3.63) is 65.7 Å². The average molecular weight is 318 g/mol. The number of nitrogens with two attached hydrogens (primary N) is 1. The summed E-state index contributed by atoms with van der Waals surface area (Å²) in [6.07, 6.45) is 0. The zero-order chi connectivity index (χ0) is 15.9. The minimum absolute atomic E-state index is 0.137. The number of benzene rings is 2. The molecule has 0 unspecified atom stereocenters. The maximum absolute atomic E-state index is 11.7. The lowest BCUT2D eigenvalue weighted by Gasteiger charge is -2.12. The van der Waals surface area contributed by atoms with Crippen LogP contribution >= 0.6 is 11.6 Å². The van der Waals surface area contributed by atoms with E-state index in [4.69, 9.17) is 22.1 Å². The number of halogens is 1. The van der Waals surface area contributed by atoms with Crippen LogP contribution in [-0.2, 0) is 4.79 Å². The molecule has 0 aliphatic rings. The predicted molar refractivity (Wildman–Crippen MR) is 88.1 cm³/mol. The normalized spacial score (nSPS) is 9.86. The average Bonchev–Trinajstić information content (AvgIpc) is 2.51. The van der Waals surface area contributed by atoms with Gasteiger partial charge >= 0.3 is 0 Å². The summed E-state index contributed by atoms with van der Waals surface area (Å²) in [6.45, 7) is 3.69. The first-order valence-electron chi connectivity index (χ1n) is 6.52. The first kappa shape index (κ1) is 15.7. The molecule has 0 aromatic heterocycles. The van der Waals surface area contributed by atoms with Gasteiger partial charge in [-0.3, -0.25) is 15.6 Å². The molecule has 5 nitrogen and oxygen atoms in total. The monoisotopic (exact) mass is 317 g/mol. The largest absolute Gasteiger partial charge is 0.484 e. The number of nitrogen functional groups attached to an aromatic ring is 1. The summed E-state index contributed by atoms with van der Waals surface area (Å²) in [6, 6.07) is 14.0. The Hall–Kier alpha value is -2.66. The molecule has 0 heterocycles. The van der Waals surface area contributed by atoms with Crippen LogP contribution in [-0.4, -0.2) is 12.5 Å². The highest BCUT2D eigenvalue weighted by molar-refractivity contribution is 6.30. The van der Waals surface area contributed by atoms with E-state index in [1.165, 1.54) is 0 Å². The van der Waals surface area contributed by atoms with Gasteiger partial charge < -0.3 is 10.5 Å². The Balaban J connectivity index is 1.78. The molecule has 114 valence electrons. The summed E-state index contributed by atoms with van der Waals surface area (Å²) >= 11 is 5.83. The molecule has 4 N–H and O–H groups in total. The highest BCUT2D eigenvalue weighted by atomic mass is 35.5. The molecular formula is C16H16ClN3O2. The standard InChI is InChI=1S/C16H16ClN3O2/c1-11(12-5-7-14(18)8-6-12)19-20-16(21)10-22-15-4-2-3-13(17)9-15/h2-9,19H,1,10,18H2,(H,20,21). The molecule has 22 heavy (non-hydrogen) atoms. The second-order valence-corrected chi connectivity index (χ2v) is 4.96. The quantitative estimate of drug-likeness (QED) is 0.565. The molecule has 2 aromatic carbocycles. The number of anilines is 1. The number of ether oxygens (including phenoxy) is 1. The Kier molecular flexibility index (Phi) is 5.27. The van der Waals surface area contributed by atoms with Crippen molar-refractivity contribution in [3.8, 4) is 5.75 Å². The first-order valence-corrected chi connectivity index (χ1v) is 6.90.